The molecular weight excluding hydrogens is 763 g/mol. The van der Waals surface area contributed by atoms with Crippen molar-refractivity contribution < 1.29 is 0 Å². The largest absolute Gasteiger partial charge is 0.311 e. The molecule has 0 radical (unpaired) electrons. The number of benzene rings is 10. The molecule has 10 aromatic carbocycles. The fourth-order valence-electron chi connectivity index (χ4n) is 9.50. The molecule has 2 aromatic heterocycles. The van der Waals surface area contributed by atoms with Gasteiger partial charge in [-0.3, -0.25) is 0 Å². The van der Waals surface area contributed by atoms with E-state index in [0.29, 0.717) is 0 Å². The van der Waals surface area contributed by atoms with Crippen molar-refractivity contribution in [3.63, 3.8) is 0 Å². The molecule has 0 aliphatic heterocycles. The first-order valence-corrected chi connectivity index (χ1v) is 21.6. The van der Waals surface area contributed by atoms with Gasteiger partial charge in [0.2, 0.25) is 0 Å². The molecule has 0 bridgehead atoms. The van der Waals surface area contributed by atoms with Gasteiger partial charge in [-0.2, -0.15) is 0 Å². The average molecular weight is 804 g/mol. The Morgan fingerprint density at radius 2 is 0.524 bits per heavy atom. The number of fused-ring (bicyclic) bond motifs is 6. The number of para-hydroxylation sites is 3. The molecule has 0 saturated carbocycles. The second kappa shape index (κ2) is 15.3. The summed E-state index contributed by atoms with van der Waals surface area (Å²) in [4.78, 5) is 2.36. The summed E-state index contributed by atoms with van der Waals surface area (Å²) in [5.74, 6) is 0. The lowest BCUT2D eigenvalue weighted by Gasteiger charge is -2.26. The first-order valence-electron chi connectivity index (χ1n) is 21.6. The molecule has 63 heavy (non-hydrogen) atoms. The van der Waals surface area contributed by atoms with Gasteiger partial charge >= 0.3 is 0 Å². The topological polar surface area (TPSA) is 13.1 Å². The van der Waals surface area contributed by atoms with E-state index in [2.05, 4.69) is 263 Å². The smallest absolute Gasteiger partial charge is 0.0541 e. The van der Waals surface area contributed by atoms with Crippen molar-refractivity contribution in [3.8, 4) is 44.8 Å². The molecule has 2 heterocycles. The number of anilines is 3. The van der Waals surface area contributed by atoms with Crippen molar-refractivity contribution in [2.24, 2.45) is 0 Å². The Bertz CT molecular complexity index is 3510. The predicted octanol–water partition coefficient (Wildman–Crippen LogP) is 16.4. The molecule has 0 spiro atoms. The van der Waals surface area contributed by atoms with Crippen molar-refractivity contribution >= 4 is 60.7 Å². The number of nitrogens with zero attached hydrogens (tertiary/aromatic N) is 3. The van der Waals surface area contributed by atoms with Crippen LogP contribution in [0.1, 0.15) is 0 Å². The van der Waals surface area contributed by atoms with Gasteiger partial charge in [-0.05, 0) is 124 Å². The van der Waals surface area contributed by atoms with Crippen molar-refractivity contribution in [3.05, 3.63) is 249 Å². The van der Waals surface area contributed by atoms with Crippen LogP contribution in [-0.4, -0.2) is 9.13 Å². The van der Waals surface area contributed by atoms with E-state index in [1.54, 1.807) is 0 Å². The Morgan fingerprint density at radius 3 is 0.984 bits per heavy atom. The van der Waals surface area contributed by atoms with Crippen LogP contribution in [0.4, 0.5) is 17.1 Å². The SMILES string of the molecule is c1ccc(-c2ccc(N(c3ccc(-c4ccc5c(c4)c4ccccc4n5-c4ccc(-c5ccccc5)cc4)cc3)c3ccc(-n4c5ccccc5c5ccccc54)cc3)cc2)cc1. The van der Waals surface area contributed by atoms with Crippen molar-refractivity contribution in [1.82, 2.24) is 9.13 Å². The Hall–Kier alpha value is -8.40. The van der Waals surface area contributed by atoms with Crippen LogP contribution in [0, 0.1) is 0 Å². The normalized spacial score (nSPS) is 11.5. The lowest BCUT2D eigenvalue weighted by molar-refractivity contribution is 1.17. The zero-order valence-corrected chi connectivity index (χ0v) is 34.5. The van der Waals surface area contributed by atoms with E-state index in [-0.39, 0.29) is 0 Å². The zero-order chi connectivity index (χ0) is 41.7. The Morgan fingerprint density at radius 1 is 0.222 bits per heavy atom. The Balaban J connectivity index is 0.918. The summed E-state index contributed by atoms with van der Waals surface area (Å²) in [6, 6.07) is 90.0. The minimum absolute atomic E-state index is 1.09. The molecule has 0 fully saturated rings. The van der Waals surface area contributed by atoms with Crippen LogP contribution in [0.25, 0.3) is 88.4 Å². The van der Waals surface area contributed by atoms with E-state index in [1.165, 1.54) is 77.0 Å². The fraction of sp³-hybridized carbons (Fsp3) is 0. The van der Waals surface area contributed by atoms with Gasteiger partial charge in [-0.1, -0.05) is 158 Å². The molecule has 0 unspecified atom stereocenters. The van der Waals surface area contributed by atoms with Crippen LogP contribution in [0.5, 0.6) is 0 Å². The fourth-order valence-corrected chi connectivity index (χ4v) is 9.50. The highest BCUT2D eigenvalue weighted by Crippen LogP contribution is 2.40. The van der Waals surface area contributed by atoms with Gasteiger partial charge in [-0.15, -0.1) is 0 Å². The summed E-state index contributed by atoms with van der Waals surface area (Å²) in [7, 11) is 0. The molecule has 0 aliphatic carbocycles. The van der Waals surface area contributed by atoms with Crippen molar-refractivity contribution in [1.29, 1.82) is 0 Å². The number of hydrogen-bond donors (Lipinski definition) is 0. The minimum atomic E-state index is 1.09. The van der Waals surface area contributed by atoms with Crippen LogP contribution in [0.2, 0.25) is 0 Å². The predicted molar refractivity (Wildman–Crippen MR) is 266 cm³/mol. The molecule has 0 atom stereocenters. The van der Waals surface area contributed by atoms with E-state index in [1.807, 2.05) is 0 Å². The molecule has 12 aromatic rings. The van der Waals surface area contributed by atoms with Gasteiger partial charge < -0.3 is 14.0 Å². The van der Waals surface area contributed by atoms with Crippen LogP contribution < -0.4 is 4.90 Å². The van der Waals surface area contributed by atoms with E-state index in [0.717, 1.165) is 28.4 Å². The number of rotatable bonds is 8. The summed E-state index contributed by atoms with van der Waals surface area (Å²) in [6.45, 7) is 0. The average Bonchev–Trinajstić information content (AvgIpc) is 3.88. The second-order valence-electron chi connectivity index (χ2n) is 16.2. The Labute approximate surface area is 366 Å². The van der Waals surface area contributed by atoms with Gasteiger partial charge in [0.05, 0.1) is 22.1 Å². The van der Waals surface area contributed by atoms with E-state index >= 15 is 0 Å². The lowest BCUT2D eigenvalue weighted by Crippen LogP contribution is -2.10. The summed E-state index contributed by atoms with van der Waals surface area (Å²) in [5.41, 5.74) is 17.5. The van der Waals surface area contributed by atoms with Gasteiger partial charge in [-0.25, -0.2) is 0 Å². The van der Waals surface area contributed by atoms with Gasteiger partial charge in [0, 0.05) is 50.0 Å². The third-order valence-electron chi connectivity index (χ3n) is 12.5. The zero-order valence-electron chi connectivity index (χ0n) is 34.5. The third-order valence-corrected chi connectivity index (χ3v) is 12.5. The van der Waals surface area contributed by atoms with E-state index in [9.17, 15) is 0 Å². The highest BCUT2D eigenvalue weighted by molar-refractivity contribution is 6.11. The standard InChI is InChI=1S/C60H41N3/c1-3-13-42(14-4-1)44-23-30-48(31-24-44)61(50-36-38-52(39-37-50)62-57-20-10-7-17-53(57)54-18-8-11-21-58(54)62)49-32-27-46(28-33-49)47-29-40-60-56(41-47)55-19-9-12-22-59(55)63(60)51-34-25-45(26-35-51)43-15-5-2-6-16-43/h1-41H. The lowest BCUT2D eigenvalue weighted by atomic mass is 10.0. The molecule has 0 saturated heterocycles. The first-order chi connectivity index (χ1) is 31.2. The Kier molecular flexibility index (Phi) is 8.83. The number of aromatic nitrogens is 2. The second-order valence-corrected chi connectivity index (χ2v) is 16.2. The number of hydrogen-bond acceptors (Lipinski definition) is 1. The monoisotopic (exact) mass is 803 g/mol. The molecule has 0 amide bonds. The quantitative estimate of drug-likeness (QED) is 0.149. The molecule has 0 aliphatic rings. The molecule has 3 nitrogen and oxygen atoms in total. The van der Waals surface area contributed by atoms with Crippen molar-refractivity contribution in [2.45, 2.75) is 0 Å². The van der Waals surface area contributed by atoms with Gasteiger partial charge in [0.15, 0.2) is 0 Å². The summed E-state index contributed by atoms with van der Waals surface area (Å²) in [6.07, 6.45) is 0. The van der Waals surface area contributed by atoms with Crippen LogP contribution in [0.15, 0.2) is 249 Å². The van der Waals surface area contributed by atoms with Gasteiger partial charge in [0.25, 0.3) is 0 Å². The van der Waals surface area contributed by atoms with E-state index < -0.39 is 0 Å². The van der Waals surface area contributed by atoms with Crippen LogP contribution in [0.3, 0.4) is 0 Å². The maximum Gasteiger partial charge on any atom is 0.0541 e. The summed E-state index contributed by atoms with van der Waals surface area (Å²) in [5, 5.41) is 5.00. The molecule has 12 rings (SSSR count). The highest BCUT2D eigenvalue weighted by atomic mass is 15.1. The first kappa shape index (κ1) is 36.5. The van der Waals surface area contributed by atoms with Crippen LogP contribution in [-0.2, 0) is 0 Å². The van der Waals surface area contributed by atoms with Gasteiger partial charge in [0.1, 0.15) is 0 Å². The maximum atomic E-state index is 2.39. The molecule has 296 valence electrons. The maximum absolute atomic E-state index is 2.39. The molecule has 0 N–H and O–H groups in total. The van der Waals surface area contributed by atoms with Crippen LogP contribution >= 0.6 is 0 Å². The third kappa shape index (κ3) is 6.38. The highest BCUT2D eigenvalue weighted by Gasteiger charge is 2.17. The summed E-state index contributed by atoms with van der Waals surface area (Å²) < 4.78 is 4.76. The summed E-state index contributed by atoms with van der Waals surface area (Å²) >= 11 is 0. The van der Waals surface area contributed by atoms with Crippen molar-refractivity contribution in [2.75, 3.05) is 4.90 Å². The molecular formula is C60H41N3. The van der Waals surface area contributed by atoms with E-state index in [4.69, 9.17) is 0 Å². The molecule has 3 heteroatoms. The minimum Gasteiger partial charge on any atom is -0.311 e.